The number of benzene rings is 2. The fourth-order valence-corrected chi connectivity index (χ4v) is 4.23. The molecule has 2 aliphatic rings. The maximum atomic E-state index is 12.7. The Bertz CT molecular complexity index is 738. The first-order valence-corrected chi connectivity index (χ1v) is 9.40. The van der Waals surface area contributed by atoms with Gasteiger partial charge in [-0.25, -0.2) is 0 Å². The Morgan fingerprint density at radius 3 is 2.27 bits per heavy atom. The van der Waals surface area contributed by atoms with Gasteiger partial charge < -0.3 is 14.7 Å². The van der Waals surface area contributed by atoms with Gasteiger partial charge >= 0.3 is 0 Å². The Morgan fingerprint density at radius 2 is 1.62 bits per heavy atom. The smallest absolute Gasteiger partial charge is 0.253 e. The zero-order chi connectivity index (χ0) is 18.0. The van der Waals surface area contributed by atoms with Crippen LogP contribution in [0.4, 0.5) is 0 Å². The third kappa shape index (κ3) is 3.53. The maximum Gasteiger partial charge on any atom is 0.253 e. The monoisotopic (exact) mass is 351 g/mol. The molecule has 2 saturated heterocycles. The number of rotatable bonds is 2. The molecule has 2 aliphatic heterocycles. The van der Waals surface area contributed by atoms with E-state index in [1.165, 1.54) is 0 Å². The Hall–Kier alpha value is -2.17. The van der Waals surface area contributed by atoms with Crippen LogP contribution in [0.3, 0.4) is 0 Å². The van der Waals surface area contributed by atoms with Crippen LogP contribution in [-0.4, -0.2) is 40.7 Å². The van der Waals surface area contributed by atoms with Crippen LogP contribution in [0, 0.1) is 0 Å². The summed E-state index contributed by atoms with van der Waals surface area (Å²) in [5.41, 5.74) is 1.52. The molecule has 1 N–H and O–H groups in total. The van der Waals surface area contributed by atoms with Crippen molar-refractivity contribution in [2.45, 2.75) is 43.5 Å². The summed E-state index contributed by atoms with van der Waals surface area (Å²) in [7, 11) is 0. The summed E-state index contributed by atoms with van der Waals surface area (Å²) in [5.74, 6) is 0.0800. The highest BCUT2D eigenvalue weighted by Gasteiger charge is 2.44. The van der Waals surface area contributed by atoms with Crippen LogP contribution in [-0.2, 0) is 4.74 Å². The lowest BCUT2D eigenvalue weighted by molar-refractivity contribution is -0.181. The Morgan fingerprint density at radius 1 is 1.00 bits per heavy atom. The van der Waals surface area contributed by atoms with E-state index in [4.69, 9.17) is 4.74 Å². The SMILES string of the molecule is O=C(c1ccccc1)N1CCC2(CC1)C[C@@H](O)C[C@H](c1ccccc1)O2. The summed E-state index contributed by atoms with van der Waals surface area (Å²) in [4.78, 5) is 14.6. The van der Waals surface area contributed by atoms with Gasteiger partial charge in [-0.05, 0) is 30.5 Å². The van der Waals surface area contributed by atoms with Gasteiger partial charge in [0.05, 0.1) is 17.8 Å². The standard InChI is InChI=1S/C22H25NO3/c24-19-15-20(17-7-3-1-4-8-17)26-22(16-19)11-13-23(14-12-22)21(25)18-9-5-2-6-10-18/h1-10,19-20,24H,11-16H2/t19-,20+/m0/s1. The molecule has 2 atom stereocenters. The molecule has 2 fully saturated rings. The van der Waals surface area contributed by atoms with E-state index in [1.807, 2.05) is 53.4 Å². The molecule has 4 rings (SSSR count). The maximum absolute atomic E-state index is 12.7. The van der Waals surface area contributed by atoms with Crippen LogP contribution >= 0.6 is 0 Å². The number of nitrogens with zero attached hydrogens (tertiary/aromatic N) is 1. The number of piperidine rings is 1. The van der Waals surface area contributed by atoms with E-state index in [1.54, 1.807) is 0 Å². The van der Waals surface area contributed by atoms with Gasteiger partial charge in [0, 0.05) is 31.5 Å². The highest BCUT2D eigenvalue weighted by atomic mass is 16.5. The number of amides is 1. The minimum atomic E-state index is -0.356. The Labute approximate surface area is 154 Å². The van der Waals surface area contributed by atoms with Crippen molar-refractivity contribution in [3.63, 3.8) is 0 Å². The van der Waals surface area contributed by atoms with Gasteiger partial charge in [-0.2, -0.15) is 0 Å². The van der Waals surface area contributed by atoms with E-state index in [9.17, 15) is 9.90 Å². The second-order valence-corrected chi connectivity index (χ2v) is 7.45. The molecular weight excluding hydrogens is 326 g/mol. The minimum Gasteiger partial charge on any atom is -0.393 e. The van der Waals surface area contributed by atoms with E-state index in [2.05, 4.69) is 12.1 Å². The highest BCUT2D eigenvalue weighted by Crippen LogP contribution is 2.43. The number of carbonyl (C=O) groups is 1. The van der Waals surface area contributed by atoms with Gasteiger partial charge in [0.2, 0.25) is 0 Å². The summed E-state index contributed by atoms with van der Waals surface area (Å²) in [6, 6.07) is 19.6. The predicted octanol–water partition coefficient (Wildman–Crippen LogP) is 3.57. The van der Waals surface area contributed by atoms with Crippen molar-refractivity contribution in [3.8, 4) is 0 Å². The van der Waals surface area contributed by atoms with E-state index in [0.717, 1.165) is 24.0 Å². The third-order valence-electron chi connectivity index (χ3n) is 5.64. The molecule has 2 aromatic rings. The average molecular weight is 351 g/mol. The van der Waals surface area contributed by atoms with E-state index >= 15 is 0 Å². The third-order valence-corrected chi connectivity index (χ3v) is 5.64. The van der Waals surface area contributed by atoms with Gasteiger partial charge in [-0.3, -0.25) is 4.79 Å². The van der Waals surface area contributed by atoms with Crippen molar-refractivity contribution in [1.82, 2.24) is 4.90 Å². The van der Waals surface area contributed by atoms with Crippen molar-refractivity contribution >= 4 is 5.91 Å². The van der Waals surface area contributed by atoms with Gasteiger partial charge in [-0.15, -0.1) is 0 Å². The van der Waals surface area contributed by atoms with E-state index in [0.29, 0.717) is 25.9 Å². The van der Waals surface area contributed by atoms with Crippen molar-refractivity contribution in [2.75, 3.05) is 13.1 Å². The number of aliphatic hydroxyl groups is 1. The van der Waals surface area contributed by atoms with Gasteiger partial charge in [-0.1, -0.05) is 48.5 Å². The fourth-order valence-electron chi connectivity index (χ4n) is 4.23. The second-order valence-electron chi connectivity index (χ2n) is 7.45. The van der Waals surface area contributed by atoms with Crippen LogP contribution in [0.1, 0.15) is 47.7 Å². The molecule has 2 heterocycles. The van der Waals surface area contributed by atoms with Crippen molar-refractivity contribution in [2.24, 2.45) is 0 Å². The number of ether oxygens (including phenoxy) is 1. The molecule has 1 spiro atoms. The molecule has 0 unspecified atom stereocenters. The summed E-state index contributed by atoms with van der Waals surface area (Å²) in [6.07, 6.45) is 2.40. The van der Waals surface area contributed by atoms with Crippen LogP contribution in [0.5, 0.6) is 0 Å². The number of aliphatic hydroxyl groups excluding tert-OH is 1. The molecule has 0 bridgehead atoms. The van der Waals surface area contributed by atoms with Crippen LogP contribution < -0.4 is 0 Å². The molecule has 1 amide bonds. The number of likely N-dealkylation sites (tertiary alicyclic amines) is 1. The first kappa shape index (κ1) is 17.3. The molecule has 0 saturated carbocycles. The summed E-state index contributed by atoms with van der Waals surface area (Å²) in [5, 5.41) is 10.5. The van der Waals surface area contributed by atoms with Gasteiger partial charge in [0.15, 0.2) is 0 Å². The van der Waals surface area contributed by atoms with Crippen LogP contribution in [0.25, 0.3) is 0 Å². The predicted molar refractivity (Wildman–Crippen MR) is 99.8 cm³/mol. The normalized spacial score (nSPS) is 25.2. The number of hydrogen-bond acceptors (Lipinski definition) is 3. The van der Waals surface area contributed by atoms with Gasteiger partial charge in [0.1, 0.15) is 0 Å². The molecular formula is C22H25NO3. The summed E-state index contributed by atoms with van der Waals surface area (Å²) < 4.78 is 6.51. The lowest BCUT2D eigenvalue weighted by atomic mass is 9.81. The van der Waals surface area contributed by atoms with Crippen LogP contribution in [0.15, 0.2) is 60.7 Å². The van der Waals surface area contributed by atoms with Crippen LogP contribution in [0.2, 0.25) is 0 Å². The zero-order valence-electron chi connectivity index (χ0n) is 14.9. The largest absolute Gasteiger partial charge is 0.393 e. The Balaban J connectivity index is 1.45. The highest BCUT2D eigenvalue weighted by molar-refractivity contribution is 5.94. The second kappa shape index (κ2) is 7.22. The quantitative estimate of drug-likeness (QED) is 0.900. The first-order valence-electron chi connectivity index (χ1n) is 9.40. The molecule has 0 aliphatic carbocycles. The molecule has 136 valence electrons. The number of carbonyl (C=O) groups excluding carboxylic acids is 1. The molecule has 2 aromatic carbocycles. The lowest BCUT2D eigenvalue weighted by Crippen LogP contribution is -2.52. The molecule has 26 heavy (non-hydrogen) atoms. The zero-order valence-corrected chi connectivity index (χ0v) is 14.9. The molecule has 4 heteroatoms. The average Bonchev–Trinajstić information content (AvgIpc) is 2.69. The molecule has 0 aromatic heterocycles. The first-order chi connectivity index (χ1) is 12.7. The Kier molecular flexibility index (Phi) is 4.79. The van der Waals surface area contributed by atoms with E-state index in [-0.39, 0.29) is 23.7 Å². The molecule has 4 nitrogen and oxygen atoms in total. The van der Waals surface area contributed by atoms with Crippen molar-refractivity contribution in [1.29, 1.82) is 0 Å². The summed E-state index contributed by atoms with van der Waals surface area (Å²) in [6.45, 7) is 1.34. The van der Waals surface area contributed by atoms with E-state index < -0.39 is 0 Å². The minimum absolute atomic E-state index is 0.0728. The van der Waals surface area contributed by atoms with Crippen molar-refractivity contribution < 1.29 is 14.6 Å². The van der Waals surface area contributed by atoms with Gasteiger partial charge in [0.25, 0.3) is 5.91 Å². The molecule has 0 radical (unpaired) electrons. The topological polar surface area (TPSA) is 49.8 Å². The summed E-state index contributed by atoms with van der Waals surface area (Å²) >= 11 is 0. The fraction of sp³-hybridized carbons (Fsp3) is 0.409. The number of hydrogen-bond donors (Lipinski definition) is 1. The lowest BCUT2D eigenvalue weighted by Gasteiger charge is -2.48. The van der Waals surface area contributed by atoms with Crippen molar-refractivity contribution in [3.05, 3.63) is 71.8 Å².